The van der Waals surface area contributed by atoms with Crippen LogP contribution in [0.4, 0.5) is 5.69 Å². The van der Waals surface area contributed by atoms with Crippen molar-refractivity contribution in [2.24, 2.45) is 11.7 Å². The molecule has 2 N–H and O–H groups in total. The van der Waals surface area contributed by atoms with Gasteiger partial charge < -0.3 is 20.3 Å². The van der Waals surface area contributed by atoms with E-state index in [0.717, 1.165) is 52.4 Å². The number of likely N-dealkylation sites (N-methyl/N-ethyl adjacent to an activating group) is 1. The first-order valence-corrected chi connectivity index (χ1v) is 8.19. The van der Waals surface area contributed by atoms with Crippen LogP contribution in [0.15, 0.2) is 18.3 Å². The molecule has 6 heteroatoms. The van der Waals surface area contributed by atoms with Crippen molar-refractivity contribution in [2.75, 3.05) is 70.9 Å². The van der Waals surface area contributed by atoms with Crippen molar-refractivity contribution >= 4 is 5.69 Å². The summed E-state index contributed by atoms with van der Waals surface area (Å²) in [6.45, 7) is 9.01. The number of pyridine rings is 1. The van der Waals surface area contributed by atoms with Crippen LogP contribution in [-0.2, 0) is 0 Å². The van der Waals surface area contributed by atoms with Crippen molar-refractivity contribution < 1.29 is 4.74 Å². The number of ether oxygens (including phenoxy) is 1. The Hall–Kier alpha value is -1.37. The molecule has 2 aliphatic heterocycles. The van der Waals surface area contributed by atoms with E-state index < -0.39 is 0 Å². The van der Waals surface area contributed by atoms with Crippen molar-refractivity contribution in [3.63, 3.8) is 0 Å². The van der Waals surface area contributed by atoms with Gasteiger partial charge in [0.2, 0.25) is 5.88 Å². The lowest BCUT2D eigenvalue weighted by molar-refractivity contribution is 0.0866. The monoisotopic (exact) mass is 305 g/mol. The molecule has 0 spiro atoms. The second-order valence-corrected chi connectivity index (χ2v) is 6.35. The van der Waals surface area contributed by atoms with E-state index in [-0.39, 0.29) is 0 Å². The minimum atomic E-state index is 0.681. The molecule has 0 radical (unpaired) electrons. The summed E-state index contributed by atoms with van der Waals surface area (Å²) in [7, 11) is 2.17. The molecule has 22 heavy (non-hydrogen) atoms. The molecule has 0 bridgehead atoms. The van der Waals surface area contributed by atoms with Crippen LogP contribution in [0.1, 0.15) is 0 Å². The molecule has 0 aromatic carbocycles. The van der Waals surface area contributed by atoms with Crippen LogP contribution >= 0.6 is 0 Å². The van der Waals surface area contributed by atoms with Gasteiger partial charge in [-0.15, -0.1) is 0 Å². The standard InChI is InChI=1S/C16H27N5O/c1-19-4-6-21(7-5-19)15-2-3-16(18-11-15)22-9-8-20-12-14(10-17)13-20/h2-3,11,14H,4-10,12-13,17H2,1H3. The van der Waals surface area contributed by atoms with Gasteiger partial charge in [-0.2, -0.15) is 0 Å². The van der Waals surface area contributed by atoms with Crippen molar-refractivity contribution in [3.8, 4) is 5.88 Å². The highest BCUT2D eigenvalue weighted by atomic mass is 16.5. The van der Waals surface area contributed by atoms with E-state index in [4.69, 9.17) is 10.5 Å². The third kappa shape index (κ3) is 3.88. The van der Waals surface area contributed by atoms with E-state index >= 15 is 0 Å². The quantitative estimate of drug-likeness (QED) is 0.805. The highest BCUT2D eigenvalue weighted by Gasteiger charge is 2.24. The van der Waals surface area contributed by atoms with Gasteiger partial charge >= 0.3 is 0 Å². The van der Waals surface area contributed by atoms with E-state index in [1.165, 1.54) is 5.69 Å². The van der Waals surface area contributed by atoms with E-state index in [1.54, 1.807) is 0 Å². The van der Waals surface area contributed by atoms with Crippen LogP contribution in [0.5, 0.6) is 5.88 Å². The zero-order valence-electron chi connectivity index (χ0n) is 13.4. The third-order valence-corrected chi connectivity index (χ3v) is 4.61. The van der Waals surface area contributed by atoms with Gasteiger partial charge in [-0.05, 0) is 25.6 Å². The highest BCUT2D eigenvalue weighted by molar-refractivity contribution is 5.45. The number of hydrogen-bond donors (Lipinski definition) is 1. The zero-order chi connectivity index (χ0) is 15.4. The van der Waals surface area contributed by atoms with Crippen LogP contribution in [0.3, 0.4) is 0 Å². The largest absolute Gasteiger partial charge is 0.476 e. The topological polar surface area (TPSA) is 57.9 Å². The van der Waals surface area contributed by atoms with Gasteiger partial charge in [0.05, 0.1) is 11.9 Å². The number of anilines is 1. The fourth-order valence-electron chi connectivity index (χ4n) is 3.00. The number of rotatable bonds is 6. The Balaban J connectivity index is 1.40. The number of nitrogens with zero attached hydrogens (tertiary/aromatic N) is 4. The van der Waals surface area contributed by atoms with Crippen LogP contribution in [0, 0.1) is 5.92 Å². The molecule has 122 valence electrons. The van der Waals surface area contributed by atoms with Crippen LogP contribution in [0.25, 0.3) is 0 Å². The SMILES string of the molecule is CN1CCN(c2ccc(OCCN3CC(CN)C3)nc2)CC1. The Morgan fingerprint density at radius 2 is 2.00 bits per heavy atom. The first kappa shape index (κ1) is 15.5. The lowest BCUT2D eigenvalue weighted by atomic mass is 10.0. The summed E-state index contributed by atoms with van der Waals surface area (Å²) in [5.74, 6) is 1.40. The van der Waals surface area contributed by atoms with Gasteiger partial charge in [-0.25, -0.2) is 4.98 Å². The number of aromatic nitrogens is 1. The molecule has 0 aliphatic carbocycles. The minimum absolute atomic E-state index is 0.681. The molecule has 2 aliphatic rings. The van der Waals surface area contributed by atoms with Crippen molar-refractivity contribution in [3.05, 3.63) is 18.3 Å². The molecule has 2 fully saturated rings. The fourth-order valence-corrected chi connectivity index (χ4v) is 3.00. The number of hydrogen-bond acceptors (Lipinski definition) is 6. The summed E-state index contributed by atoms with van der Waals surface area (Å²) < 4.78 is 5.73. The number of likely N-dealkylation sites (tertiary alicyclic amines) is 1. The zero-order valence-corrected chi connectivity index (χ0v) is 13.4. The lowest BCUT2D eigenvalue weighted by Gasteiger charge is -2.38. The summed E-state index contributed by atoms with van der Waals surface area (Å²) in [5, 5.41) is 0. The molecule has 0 saturated carbocycles. The smallest absolute Gasteiger partial charge is 0.213 e. The fraction of sp³-hybridized carbons (Fsp3) is 0.688. The molecule has 1 aromatic rings. The predicted molar refractivity (Wildman–Crippen MR) is 88.4 cm³/mol. The maximum absolute atomic E-state index is 5.73. The first-order valence-electron chi connectivity index (χ1n) is 8.19. The Kier molecular flexibility index (Phi) is 5.12. The van der Waals surface area contributed by atoms with Crippen LogP contribution in [-0.4, -0.2) is 80.8 Å². The summed E-state index contributed by atoms with van der Waals surface area (Å²) >= 11 is 0. The second kappa shape index (κ2) is 7.26. The van der Waals surface area contributed by atoms with E-state index in [1.807, 2.05) is 12.3 Å². The summed E-state index contributed by atoms with van der Waals surface area (Å²) in [6, 6.07) is 4.09. The summed E-state index contributed by atoms with van der Waals surface area (Å²) in [5.41, 5.74) is 6.81. The van der Waals surface area contributed by atoms with Crippen LogP contribution in [0.2, 0.25) is 0 Å². The van der Waals surface area contributed by atoms with Gasteiger partial charge in [-0.1, -0.05) is 0 Å². The Bertz CT molecular complexity index is 452. The average Bonchev–Trinajstić information content (AvgIpc) is 2.51. The molecule has 0 amide bonds. The van der Waals surface area contributed by atoms with Gasteiger partial charge in [0, 0.05) is 51.9 Å². The number of nitrogens with two attached hydrogens (primary N) is 1. The molecular formula is C16H27N5O. The third-order valence-electron chi connectivity index (χ3n) is 4.61. The average molecular weight is 305 g/mol. The molecule has 3 rings (SSSR count). The first-order chi connectivity index (χ1) is 10.7. The minimum Gasteiger partial charge on any atom is -0.476 e. The number of piperazine rings is 1. The maximum Gasteiger partial charge on any atom is 0.213 e. The molecule has 2 saturated heterocycles. The van der Waals surface area contributed by atoms with E-state index in [0.29, 0.717) is 18.4 Å². The molecule has 0 atom stereocenters. The normalized spacial score (nSPS) is 20.9. The van der Waals surface area contributed by atoms with Gasteiger partial charge in [-0.3, -0.25) is 4.90 Å². The molecule has 1 aromatic heterocycles. The van der Waals surface area contributed by atoms with Crippen molar-refractivity contribution in [1.29, 1.82) is 0 Å². The highest BCUT2D eigenvalue weighted by Crippen LogP contribution is 2.18. The molecule has 6 nitrogen and oxygen atoms in total. The molecule has 3 heterocycles. The van der Waals surface area contributed by atoms with Gasteiger partial charge in [0.25, 0.3) is 0 Å². The molecular weight excluding hydrogens is 278 g/mol. The van der Waals surface area contributed by atoms with Crippen molar-refractivity contribution in [2.45, 2.75) is 0 Å². The van der Waals surface area contributed by atoms with Crippen LogP contribution < -0.4 is 15.4 Å². The predicted octanol–water partition coefficient (Wildman–Crippen LogP) is 0.103. The van der Waals surface area contributed by atoms with E-state index in [2.05, 4.69) is 32.8 Å². The summed E-state index contributed by atoms with van der Waals surface area (Å²) in [4.78, 5) is 11.5. The van der Waals surface area contributed by atoms with E-state index in [9.17, 15) is 0 Å². The lowest BCUT2D eigenvalue weighted by Crippen LogP contribution is -2.50. The van der Waals surface area contributed by atoms with Gasteiger partial charge in [0.1, 0.15) is 6.61 Å². The Labute approximate surface area is 132 Å². The molecule has 0 unspecified atom stereocenters. The second-order valence-electron chi connectivity index (χ2n) is 6.35. The summed E-state index contributed by atoms with van der Waals surface area (Å²) in [6.07, 6.45) is 1.93. The van der Waals surface area contributed by atoms with Crippen molar-refractivity contribution in [1.82, 2.24) is 14.8 Å². The Morgan fingerprint density at radius 1 is 1.23 bits per heavy atom. The maximum atomic E-state index is 5.73. The van der Waals surface area contributed by atoms with Gasteiger partial charge in [0.15, 0.2) is 0 Å². The Morgan fingerprint density at radius 3 is 2.64 bits per heavy atom.